The molecule has 0 aliphatic carbocycles. The highest BCUT2D eigenvalue weighted by Gasteiger charge is 2.15. The summed E-state index contributed by atoms with van der Waals surface area (Å²) in [4.78, 5) is 0. The largest absolute Gasteiger partial charge is 0.492 e. The molecule has 1 aromatic rings. The highest BCUT2D eigenvalue weighted by molar-refractivity contribution is 9.10. The molecule has 1 saturated heterocycles. The number of ether oxygens (including phenoxy) is 3. The average molecular weight is 291 g/mol. The lowest BCUT2D eigenvalue weighted by Gasteiger charge is -2.11. The van der Waals surface area contributed by atoms with E-state index in [1.54, 1.807) is 6.07 Å². The third-order valence-electron chi connectivity index (χ3n) is 2.20. The average Bonchev–Trinajstić information content (AvgIpc) is 2.76. The molecular weight excluding hydrogens is 279 g/mol. The van der Waals surface area contributed by atoms with Crippen molar-refractivity contribution in [2.45, 2.75) is 12.7 Å². The van der Waals surface area contributed by atoms with Crippen LogP contribution >= 0.6 is 15.9 Å². The van der Waals surface area contributed by atoms with E-state index in [-0.39, 0.29) is 12.1 Å². The molecule has 0 spiro atoms. The predicted molar refractivity (Wildman–Crippen MR) is 59.9 cm³/mol. The Kier molecular flexibility index (Phi) is 4.15. The molecule has 0 unspecified atom stereocenters. The molecule has 16 heavy (non-hydrogen) atoms. The molecule has 1 fully saturated rings. The Morgan fingerprint density at radius 2 is 2.12 bits per heavy atom. The summed E-state index contributed by atoms with van der Waals surface area (Å²) >= 11 is 3.29. The Morgan fingerprint density at radius 3 is 2.88 bits per heavy atom. The highest BCUT2D eigenvalue weighted by atomic mass is 79.9. The predicted octanol–water partition coefficient (Wildman–Crippen LogP) is 2.73. The molecule has 1 heterocycles. The van der Waals surface area contributed by atoms with Gasteiger partial charge in [0.2, 0.25) is 0 Å². The van der Waals surface area contributed by atoms with Crippen LogP contribution in [0.2, 0.25) is 0 Å². The van der Waals surface area contributed by atoms with Crippen molar-refractivity contribution in [3.05, 3.63) is 28.5 Å². The van der Waals surface area contributed by atoms with Crippen LogP contribution in [0.4, 0.5) is 4.39 Å². The van der Waals surface area contributed by atoms with Crippen molar-refractivity contribution >= 4 is 15.9 Å². The Hall–Kier alpha value is -0.650. The van der Waals surface area contributed by atoms with E-state index in [0.29, 0.717) is 32.0 Å². The number of benzene rings is 1. The molecule has 2 rings (SSSR count). The third-order valence-corrected chi connectivity index (χ3v) is 2.85. The summed E-state index contributed by atoms with van der Waals surface area (Å²) in [5.41, 5.74) is 0. The van der Waals surface area contributed by atoms with E-state index in [4.69, 9.17) is 14.2 Å². The van der Waals surface area contributed by atoms with Gasteiger partial charge in [0.25, 0.3) is 0 Å². The van der Waals surface area contributed by atoms with Crippen molar-refractivity contribution < 1.29 is 18.6 Å². The lowest BCUT2D eigenvalue weighted by molar-refractivity contribution is -0.0531. The van der Waals surface area contributed by atoms with Gasteiger partial charge in [-0.1, -0.05) is 0 Å². The van der Waals surface area contributed by atoms with Gasteiger partial charge < -0.3 is 14.2 Å². The minimum absolute atomic E-state index is 0.188. The summed E-state index contributed by atoms with van der Waals surface area (Å²) in [5, 5.41) is 0. The number of halogens is 2. The van der Waals surface area contributed by atoms with E-state index in [1.807, 2.05) is 0 Å². The summed E-state index contributed by atoms with van der Waals surface area (Å²) in [5.74, 6) is 0.185. The lowest BCUT2D eigenvalue weighted by Crippen LogP contribution is -2.12. The van der Waals surface area contributed by atoms with E-state index >= 15 is 0 Å². The Balaban J connectivity index is 1.82. The Morgan fingerprint density at radius 1 is 1.38 bits per heavy atom. The normalized spacial score (nSPS) is 16.6. The second-order valence-electron chi connectivity index (χ2n) is 3.38. The van der Waals surface area contributed by atoms with Gasteiger partial charge in [0.1, 0.15) is 11.6 Å². The molecule has 3 nitrogen and oxygen atoms in total. The molecule has 1 aliphatic heterocycles. The molecular formula is C11H12BrFO3. The summed E-state index contributed by atoms with van der Waals surface area (Å²) in [7, 11) is 0. The summed E-state index contributed by atoms with van der Waals surface area (Å²) in [6.07, 6.45) is 0.454. The minimum Gasteiger partial charge on any atom is -0.492 e. The maximum Gasteiger partial charge on any atom is 0.161 e. The van der Waals surface area contributed by atoms with Crippen molar-refractivity contribution in [3.8, 4) is 5.75 Å². The minimum atomic E-state index is -0.313. The van der Waals surface area contributed by atoms with Crippen molar-refractivity contribution in [2.24, 2.45) is 0 Å². The molecule has 0 saturated carbocycles. The van der Waals surface area contributed by atoms with Crippen molar-refractivity contribution in [1.82, 2.24) is 0 Å². The van der Waals surface area contributed by atoms with Crippen LogP contribution < -0.4 is 4.74 Å². The van der Waals surface area contributed by atoms with E-state index in [1.165, 1.54) is 12.1 Å². The smallest absolute Gasteiger partial charge is 0.161 e. The number of rotatable bonds is 4. The monoisotopic (exact) mass is 290 g/mol. The van der Waals surface area contributed by atoms with Crippen LogP contribution in [0.1, 0.15) is 6.42 Å². The first-order valence-corrected chi connectivity index (χ1v) is 5.86. The van der Waals surface area contributed by atoms with Crippen LogP contribution in [-0.4, -0.2) is 26.1 Å². The standard InChI is InChI=1S/C11H12BrFO3/c12-9-2-1-8(13)7-10(9)14-4-3-11-15-5-6-16-11/h1-2,7,11H,3-6H2. The van der Waals surface area contributed by atoms with Crippen LogP contribution in [0, 0.1) is 5.82 Å². The molecule has 0 amide bonds. The van der Waals surface area contributed by atoms with Gasteiger partial charge in [-0.15, -0.1) is 0 Å². The molecule has 0 N–H and O–H groups in total. The van der Waals surface area contributed by atoms with Crippen molar-refractivity contribution in [2.75, 3.05) is 19.8 Å². The van der Waals surface area contributed by atoms with Crippen LogP contribution in [0.5, 0.6) is 5.75 Å². The second-order valence-corrected chi connectivity index (χ2v) is 4.24. The van der Waals surface area contributed by atoms with Gasteiger partial charge in [-0.25, -0.2) is 4.39 Å². The molecule has 0 aromatic heterocycles. The summed E-state index contributed by atoms with van der Waals surface area (Å²) < 4.78 is 29.6. The topological polar surface area (TPSA) is 27.7 Å². The van der Waals surface area contributed by atoms with Gasteiger partial charge in [0.05, 0.1) is 24.3 Å². The van der Waals surface area contributed by atoms with E-state index in [0.717, 1.165) is 4.47 Å². The van der Waals surface area contributed by atoms with Crippen molar-refractivity contribution in [3.63, 3.8) is 0 Å². The van der Waals surface area contributed by atoms with Gasteiger partial charge in [-0.2, -0.15) is 0 Å². The van der Waals surface area contributed by atoms with E-state index in [2.05, 4.69) is 15.9 Å². The lowest BCUT2D eigenvalue weighted by atomic mass is 10.3. The maximum absolute atomic E-state index is 12.9. The summed E-state index contributed by atoms with van der Waals surface area (Å²) in [6, 6.07) is 4.34. The molecule has 1 aromatic carbocycles. The zero-order chi connectivity index (χ0) is 11.4. The molecule has 1 aliphatic rings. The van der Waals surface area contributed by atoms with Gasteiger partial charge in [-0.05, 0) is 28.1 Å². The third kappa shape index (κ3) is 3.17. The molecule has 5 heteroatoms. The molecule has 0 radical (unpaired) electrons. The molecule has 88 valence electrons. The first kappa shape index (κ1) is 11.8. The Labute approximate surface area is 102 Å². The molecule has 0 atom stereocenters. The quantitative estimate of drug-likeness (QED) is 0.853. The fourth-order valence-corrected chi connectivity index (χ4v) is 1.79. The zero-order valence-corrected chi connectivity index (χ0v) is 10.2. The van der Waals surface area contributed by atoms with Gasteiger partial charge in [0, 0.05) is 12.5 Å². The van der Waals surface area contributed by atoms with Crippen LogP contribution in [0.3, 0.4) is 0 Å². The van der Waals surface area contributed by atoms with Gasteiger partial charge in [0.15, 0.2) is 6.29 Å². The first-order valence-electron chi connectivity index (χ1n) is 5.07. The zero-order valence-electron chi connectivity index (χ0n) is 8.62. The fraction of sp³-hybridized carbons (Fsp3) is 0.455. The number of hydrogen-bond acceptors (Lipinski definition) is 3. The van der Waals surface area contributed by atoms with Crippen molar-refractivity contribution in [1.29, 1.82) is 0 Å². The molecule has 0 bridgehead atoms. The highest BCUT2D eigenvalue weighted by Crippen LogP contribution is 2.25. The Bertz CT molecular complexity index is 353. The summed E-state index contributed by atoms with van der Waals surface area (Å²) in [6.45, 7) is 1.70. The van der Waals surface area contributed by atoms with Gasteiger partial charge in [-0.3, -0.25) is 0 Å². The number of hydrogen-bond donors (Lipinski definition) is 0. The van der Waals surface area contributed by atoms with Crippen LogP contribution in [0.15, 0.2) is 22.7 Å². The first-order chi connectivity index (χ1) is 7.75. The fourth-order valence-electron chi connectivity index (χ4n) is 1.43. The second kappa shape index (κ2) is 5.61. The van der Waals surface area contributed by atoms with Gasteiger partial charge >= 0.3 is 0 Å². The van der Waals surface area contributed by atoms with E-state index in [9.17, 15) is 4.39 Å². The van der Waals surface area contributed by atoms with Crippen LogP contribution in [0.25, 0.3) is 0 Å². The maximum atomic E-state index is 12.9. The van der Waals surface area contributed by atoms with Crippen LogP contribution in [-0.2, 0) is 9.47 Å². The SMILES string of the molecule is Fc1ccc(Br)c(OCCC2OCCO2)c1. The van der Waals surface area contributed by atoms with E-state index < -0.39 is 0 Å².